The van der Waals surface area contributed by atoms with E-state index in [0.29, 0.717) is 29.3 Å². The molecule has 0 saturated carbocycles. The number of hydrogen-bond acceptors (Lipinski definition) is 10. The van der Waals surface area contributed by atoms with Gasteiger partial charge in [-0.1, -0.05) is 34.1 Å². The van der Waals surface area contributed by atoms with Gasteiger partial charge in [-0.25, -0.2) is 15.0 Å². The topological polar surface area (TPSA) is 140 Å². The van der Waals surface area contributed by atoms with Crippen LogP contribution in [0.3, 0.4) is 0 Å². The molecule has 4 rings (SSSR count). The summed E-state index contributed by atoms with van der Waals surface area (Å²) < 4.78 is 43.1. The lowest BCUT2D eigenvalue weighted by molar-refractivity contribution is 0.203. The normalized spacial score (nSPS) is 13.3. The van der Waals surface area contributed by atoms with Crippen molar-refractivity contribution in [2.45, 2.75) is 6.54 Å². The first-order valence-electron chi connectivity index (χ1n) is 11.3. The highest BCUT2D eigenvalue weighted by atomic mass is 79.9. The van der Waals surface area contributed by atoms with Crippen molar-refractivity contribution in [1.82, 2.24) is 19.7 Å². The molecule has 0 saturated heterocycles. The summed E-state index contributed by atoms with van der Waals surface area (Å²) in [7, 11) is -3.99. The third-order valence-electron chi connectivity index (χ3n) is 4.95. The van der Waals surface area contributed by atoms with Crippen LogP contribution in [0, 0.1) is 0 Å². The number of rotatable bonds is 11. The summed E-state index contributed by atoms with van der Waals surface area (Å²) in [6.45, 7) is 0.659. The maximum Gasteiger partial charge on any atom is 0.300 e. The minimum absolute atomic E-state index is 0.0110. The fraction of sp³-hybridized carbons (Fsp3) is 0.208. The third-order valence-corrected chi connectivity index (χ3v) is 7.15. The maximum atomic E-state index is 12.8. The number of hydrogen-bond donors (Lipinski definition) is 2. The van der Waals surface area contributed by atoms with Crippen LogP contribution in [-0.2, 0) is 21.5 Å². The Labute approximate surface area is 233 Å². The van der Waals surface area contributed by atoms with Gasteiger partial charge in [0.25, 0.3) is 0 Å². The van der Waals surface area contributed by atoms with Gasteiger partial charge >= 0.3 is 10.2 Å². The number of allylic oxidation sites excluding steroid dienone is 1. The molecule has 38 heavy (non-hydrogen) atoms. The predicted molar refractivity (Wildman–Crippen MR) is 153 cm³/mol. The van der Waals surface area contributed by atoms with Crippen LogP contribution in [0.2, 0.25) is 0 Å². The number of benzene rings is 1. The summed E-state index contributed by atoms with van der Waals surface area (Å²) in [5, 5.41) is 0. The van der Waals surface area contributed by atoms with Crippen molar-refractivity contribution in [3.63, 3.8) is 0 Å². The maximum absolute atomic E-state index is 12.8. The molecule has 0 spiro atoms. The molecule has 1 aliphatic rings. The van der Waals surface area contributed by atoms with E-state index in [1.165, 1.54) is 6.33 Å². The van der Waals surface area contributed by atoms with Gasteiger partial charge in [-0.05, 0) is 36.1 Å². The summed E-state index contributed by atoms with van der Waals surface area (Å²) in [4.78, 5) is 22.1. The van der Waals surface area contributed by atoms with E-state index in [-0.39, 0.29) is 31.5 Å². The van der Waals surface area contributed by atoms with Gasteiger partial charge in [0.2, 0.25) is 11.8 Å². The van der Waals surface area contributed by atoms with Crippen LogP contribution in [0.1, 0.15) is 5.69 Å². The van der Waals surface area contributed by atoms with E-state index >= 15 is 0 Å². The van der Waals surface area contributed by atoms with Crippen LogP contribution in [0.25, 0.3) is 11.1 Å². The lowest BCUT2D eigenvalue weighted by Gasteiger charge is -2.16. The molecule has 0 amide bonds. The van der Waals surface area contributed by atoms with Gasteiger partial charge in [0.1, 0.15) is 26.1 Å². The van der Waals surface area contributed by atoms with E-state index in [1.807, 2.05) is 18.4 Å². The van der Waals surface area contributed by atoms with E-state index in [0.717, 1.165) is 9.38 Å². The largest absolute Gasteiger partial charge is 0.476 e. The van der Waals surface area contributed by atoms with Gasteiger partial charge in [-0.3, -0.25) is 14.7 Å². The Kier molecular flexibility index (Phi) is 9.81. The van der Waals surface area contributed by atoms with Crippen LogP contribution in [-0.4, -0.2) is 61.5 Å². The van der Waals surface area contributed by atoms with E-state index < -0.39 is 10.2 Å². The Bertz CT molecular complexity index is 1430. The molecule has 0 radical (unpaired) electrons. The smallest absolute Gasteiger partial charge is 0.300 e. The number of nitrogens with zero attached hydrogens (tertiary/aromatic N) is 5. The van der Waals surface area contributed by atoms with E-state index in [4.69, 9.17) is 9.47 Å². The molecule has 3 heterocycles. The first kappa shape index (κ1) is 27.7. The second-order valence-electron chi connectivity index (χ2n) is 7.58. The molecule has 14 heteroatoms. The summed E-state index contributed by atoms with van der Waals surface area (Å²) in [5.74, 6) is 0.722. The molecule has 3 aromatic rings. The molecule has 198 valence electrons. The Hall–Kier alpha value is -3.33. The number of thioether (sulfide) groups is 1. The van der Waals surface area contributed by atoms with Crippen molar-refractivity contribution >= 4 is 55.8 Å². The molecular weight excluding hydrogens is 594 g/mol. The molecule has 11 nitrogen and oxygen atoms in total. The van der Waals surface area contributed by atoms with Crippen LogP contribution in [0.4, 0.5) is 5.82 Å². The van der Waals surface area contributed by atoms with E-state index in [2.05, 4.69) is 50.3 Å². The zero-order chi connectivity index (χ0) is 26.8. The highest BCUT2D eigenvalue weighted by molar-refractivity contribution is 9.10. The highest BCUT2D eigenvalue weighted by Crippen LogP contribution is 2.35. The van der Waals surface area contributed by atoms with Crippen LogP contribution >= 0.6 is 27.7 Å². The van der Waals surface area contributed by atoms with Gasteiger partial charge in [0.15, 0.2) is 5.82 Å². The molecule has 0 atom stereocenters. The van der Waals surface area contributed by atoms with Crippen molar-refractivity contribution in [1.29, 1.82) is 0 Å². The molecule has 0 unspecified atom stereocenters. The Morgan fingerprint density at radius 1 is 1.05 bits per heavy atom. The second kappa shape index (κ2) is 13.5. The number of ether oxygens (including phenoxy) is 2. The molecule has 0 bridgehead atoms. The third kappa shape index (κ3) is 8.08. The minimum Gasteiger partial charge on any atom is -0.476 e. The fourth-order valence-electron chi connectivity index (χ4n) is 3.18. The van der Waals surface area contributed by atoms with Crippen molar-refractivity contribution < 1.29 is 17.9 Å². The quantitative estimate of drug-likeness (QED) is 0.309. The van der Waals surface area contributed by atoms with Gasteiger partial charge in [-0.2, -0.15) is 13.1 Å². The minimum atomic E-state index is -3.99. The molecule has 2 N–H and O–H groups in total. The Morgan fingerprint density at radius 3 is 2.63 bits per heavy atom. The number of aliphatic imine (C=N–C) groups is 2. The monoisotopic (exact) mass is 617 g/mol. The zero-order valence-electron chi connectivity index (χ0n) is 20.2. The standard InChI is InChI=1S/C24H24BrN7O4S2/c1-37-20-13-26-15-21(28-14-20)35-10-11-36-24-22(17-5-7-18(25)8-6-17)23(29-16-30-24)32-38(33,34)31-12-19-4-2-3-9-27-19/h2-9,13-14,16,31H,10-12,15H2,1H3,(H,29,30,32). The van der Waals surface area contributed by atoms with Crippen molar-refractivity contribution in [3.8, 4) is 17.0 Å². The predicted octanol–water partition coefficient (Wildman–Crippen LogP) is 3.83. The van der Waals surface area contributed by atoms with Crippen molar-refractivity contribution in [3.05, 3.63) is 76.3 Å². The van der Waals surface area contributed by atoms with Gasteiger partial charge < -0.3 is 9.47 Å². The lowest BCUT2D eigenvalue weighted by Crippen LogP contribution is -2.30. The summed E-state index contributed by atoms with van der Waals surface area (Å²) in [6, 6.07) is 12.5. The second-order valence-corrected chi connectivity index (χ2v) is 10.9. The summed E-state index contributed by atoms with van der Waals surface area (Å²) in [6.07, 6.45) is 8.22. The van der Waals surface area contributed by atoms with Gasteiger partial charge in [0.05, 0.1) is 17.8 Å². The molecule has 2 aromatic heterocycles. The van der Waals surface area contributed by atoms with Crippen molar-refractivity contribution in [2.24, 2.45) is 9.98 Å². The molecule has 1 aliphatic heterocycles. The molecular formula is C24H24BrN7O4S2. The van der Waals surface area contributed by atoms with Crippen LogP contribution in [0.15, 0.2) is 80.6 Å². The number of pyridine rings is 1. The Balaban J connectivity index is 1.49. The van der Waals surface area contributed by atoms with E-state index in [1.54, 1.807) is 60.7 Å². The van der Waals surface area contributed by atoms with Crippen molar-refractivity contribution in [2.75, 3.05) is 30.7 Å². The number of aromatic nitrogens is 3. The molecule has 0 aliphatic carbocycles. The van der Waals surface area contributed by atoms with Gasteiger partial charge in [0, 0.05) is 28.0 Å². The highest BCUT2D eigenvalue weighted by Gasteiger charge is 2.20. The SMILES string of the molecule is CSC1=CN=C(OCCOc2ncnc(NS(=O)(=O)NCc3ccccn3)c2-c2ccc(Br)cc2)CN=C1. The first-order chi connectivity index (χ1) is 18.4. The van der Waals surface area contributed by atoms with Gasteiger partial charge in [-0.15, -0.1) is 11.8 Å². The summed E-state index contributed by atoms with van der Waals surface area (Å²) in [5.41, 5.74) is 1.61. The Morgan fingerprint density at radius 2 is 1.87 bits per heavy atom. The number of halogens is 1. The number of anilines is 1. The van der Waals surface area contributed by atoms with Crippen LogP contribution < -0.4 is 14.2 Å². The van der Waals surface area contributed by atoms with E-state index in [9.17, 15) is 8.42 Å². The zero-order valence-corrected chi connectivity index (χ0v) is 23.5. The average Bonchev–Trinajstić information content (AvgIpc) is 3.16. The number of nitrogens with one attached hydrogen (secondary N) is 2. The fourth-order valence-corrected chi connectivity index (χ4v) is 4.60. The first-order valence-corrected chi connectivity index (χ1v) is 14.8. The van der Waals surface area contributed by atoms with Crippen LogP contribution in [0.5, 0.6) is 5.88 Å². The average molecular weight is 619 g/mol. The molecule has 1 aromatic carbocycles. The molecule has 0 fully saturated rings. The summed E-state index contributed by atoms with van der Waals surface area (Å²) >= 11 is 4.96. The lowest BCUT2D eigenvalue weighted by atomic mass is 10.1.